The van der Waals surface area contributed by atoms with Gasteiger partial charge in [-0.15, -0.1) is 0 Å². The van der Waals surface area contributed by atoms with Gasteiger partial charge in [-0.1, -0.05) is 13.0 Å². The second-order valence-corrected chi connectivity index (χ2v) is 11.6. The summed E-state index contributed by atoms with van der Waals surface area (Å²) in [5.74, 6) is -4.29. The van der Waals surface area contributed by atoms with Crippen molar-refractivity contribution < 1.29 is 35.5 Å². The second kappa shape index (κ2) is 8.90. The Morgan fingerprint density at radius 1 is 1.15 bits per heavy atom. The van der Waals surface area contributed by atoms with Crippen LogP contribution in [0.3, 0.4) is 0 Å². The molecule has 0 radical (unpaired) electrons. The van der Waals surface area contributed by atoms with E-state index in [-0.39, 0.29) is 52.5 Å². The highest BCUT2D eigenvalue weighted by Gasteiger charge is 2.36. The fourth-order valence-electron chi connectivity index (χ4n) is 3.70. The number of hydrogen-bond acceptors (Lipinski definition) is 6. The fourth-order valence-corrected chi connectivity index (χ4v) is 5.75. The first-order valence-electron chi connectivity index (χ1n) is 10.1. The number of carbonyl (C=O) groups is 1. The molecule has 0 aliphatic carbocycles. The molecular formula is C21H24F2N2O6S2. The fraction of sp³-hybridized carbons (Fsp3) is 0.381. The first-order chi connectivity index (χ1) is 15.2. The Hall–Kier alpha value is -2.73. The summed E-state index contributed by atoms with van der Waals surface area (Å²) in [6.45, 7) is 1.28. The molecule has 3 rings (SSSR count). The molecule has 0 saturated carbocycles. The third-order valence-corrected chi connectivity index (χ3v) is 7.92. The largest absolute Gasteiger partial charge is 0.478 e. The summed E-state index contributed by atoms with van der Waals surface area (Å²) in [6.07, 6.45) is 1.10. The van der Waals surface area contributed by atoms with Crippen LogP contribution >= 0.6 is 0 Å². The average molecular weight is 503 g/mol. The quantitative estimate of drug-likeness (QED) is 0.595. The van der Waals surface area contributed by atoms with Gasteiger partial charge in [-0.05, 0) is 48.7 Å². The van der Waals surface area contributed by atoms with Crippen LogP contribution in [-0.4, -0.2) is 53.2 Å². The highest BCUT2D eigenvalue weighted by atomic mass is 32.2. The maximum atomic E-state index is 14.0. The van der Waals surface area contributed by atoms with Crippen LogP contribution in [-0.2, 0) is 26.3 Å². The first-order valence-corrected chi connectivity index (χ1v) is 13.5. The van der Waals surface area contributed by atoms with E-state index in [0.717, 1.165) is 18.4 Å². The van der Waals surface area contributed by atoms with Crippen molar-refractivity contribution in [1.29, 1.82) is 0 Å². The molecular weight excluding hydrogens is 478 g/mol. The van der Waals surface area contributed by atoms with Gasteiger partial charge in [0.25, 0.3) is 15.9 Å². The number of halogens is 2. The lowest BCUT2D eigenvalue weighted by atomic mass is 10.1. The molecule has 1 heterocycles. The van der Waals surface area contributed by atoms with E-state index in [0.29, 0.717) is 5.56 Å². The highest BCUT2D eigenvalue weighted by Crippen LogP contribution is 2.36. The third kappa shape index (κ3) is 5.61. The van der Waals surface area contributed by atoms with Crippen LogP contribution in [0.5, 0.6) is 0 Å². The number of nitrogens with one attached hydrogen (secondary N) is 1. The van der Waals surface area contributed by atoms with E-state index in [4.69, 9.17) is 0 Å². The number of sulfone groups is 1. The first kappa shape index (κ1) is 24.9. The van der Waals surface area contributed by atoms with Crippen molar-refractivity contribution in [1.82, 2.24) is 0 Å². The SMILES string of the molecule is CCc1ccc(C(=O)O)cc1S(=O)(=O)Nc1cc(S(C)(=O)=O)ccc1N1CCCC(F)(F)C1. The second-order valence-electron chi connectivity index (χ2n) is 7.92. The number of piperidine rings is 1. The minimum Gasteiger partial charge on any atom is -0.478 e. The molecule has 0 atom stereocenters. The Labute approximate surface area is 191 Å². The zero-order chi connectivity index (χ0) is 24.6. The zero-order valence-corrected chi connectivity index (χ0v) is 19.6. The number of rotatable bonds is 7. The summed E-state index contributed by atoms with van der Waals surface area (Å²) in [5.41, 5.74) is 0.0300. The van der Waals surface area contributed by atoms with E-state index >= 15 is 0 Å². The summed E-state index contributed by atoms with van der Waals surface area (Å²) in [4.78, 5) is 12.2. The van der Waals surface area contributed by atoms with Crippen molar-refractivity contribution in [3.05, 3.63) is 47.5 Å². The van der Waals surface area contributed by atoms with Crippen LogP contribution in [0.15, 0.2) is 46.2 Å². The summed E-state index contributed by atoms with van der Waals surface area (Å²) in [7, 11) is -8.11. The van der Waals surface area contributed by atoms with Crippen molar-refractivity contribution in [2.75, 3.05) is 29.0 Å². The van der Waals surface area contributed by atoms with Gasteiger partial charge in [0.1, 0.15) is 0 Å². The maximum Gasteiger partial charge on any atom is 0.335 e. The lowest BCUT2D eigenvalue weighted by molar-refractivity contribution is -0.0116. The lowest BCUT2D eigenvalue weighted by Gasteiger charge is -2.35. The van der Waals surface area contributed by atoms with E-state index in [9.17, 15) is 35.5 Å². The number of alkyl halides is 2. The topological polar surface area (TPSA) is 121 Å². The Morgan fingerprint density at radius 3 is 2.42 bits per heavy atom. The molecule has 1 aliphatic heterocycles. The van der Waals surface area contributed by atoms with Crippen LogP contribution in [0.25, 0.3) is 0 Å². The van der Waals surface area contributed by atoms with Crippen molar-refractivity contribution in [2.24, 2.45) is 0 Å². The van der Waals surface area contributed by atoms with E-state index in [1.807, 2.05) is 0 Å². The van der Waals surface area contributed by atoms with Crippen LogP contribution in [0.1, 0.15) is 35.7 Å². The molecule has 0 unspecified atom stereocenters. The number of aryl methyl sites for hydroxylation is 1. The number of nitrogens with zero attached hydrogens (tertiary/aromatic N) is 1. The van der Waals surface area contributed by atoms with E-state index in [1.54, 1.807) is 6.92 Å². The highest BCUT2D eigenvalue weighted by molar-refractivity contribution is 7.92. The zero-order valence-electron chi connectivity index (χ0n) is 18.0. The number of aromatic carboxylic acids is 1. The van der Waals surface area contributed by atoms with Gasteiger partial charge in [0.15, 0.2) is 9.84 Å². The van der Waals surface area contributed by atoms with Gasteiger partial charge in [0.05, 0.1) is 33.3 Å². The Bertz CT molecular complexity index is 1290. The van der Waals surface area contributed by atoms with Gasteiger partial charge < -0.3 is 10.0 Å². The molecule has 180 valence electrons. The number of carboxylic acids is 1. The molecule has 8 nitrogen and oxygen atoms in total. The minimum absolute atomic E-state index is 0.109. The predicted molar refractivity (Wildman–Crippen MR) is 120 cm³/mol. The molecule has 12 heteroatoms. The number of sulfonamides is 1. The van der Waals surface area contributed by atoms with Gasteiger partial charge >= 0.3 is 5.97 Å². The Morgan fingerprint density at radius 2 is 1.85 bits per heavy atom. The van der Waals surface area contributed by atoms with Crippen LogP contribution in [0, 0.1) is 0 Å². The van der Waals surface area contributed by atoms with Crippen LogP contribution < -0.4 is 9.62 Å². The molecule has 0 amide bonds. The molecule has 0 aromatic heterocycles. The molecule has 2 aromatic rings. The average Bonchev–Trinajstić information content (AvgIpc) is 2.71. The number of hydrogen-bond donors (Lipinski definition) is 2. The molecule has 2 N–H and O–H groups in total. The predicted octanol–water partition coefficient (Wildman–Crippen LogP) is 3.39. The Balaban J connectivity index is 2.13. The number of carboxylic acid groups (broad SMARTS) is 1. The maximum absolute atomic E-state index is 14.0. The summed E-state index contributed by atoms with van der Waals surface area (Å²) in [6, 6.07) is 7.30. The van der Waals surface area contributed by atoms with Gasteiger partial charge in [-0.2, -0.15) is 0 Å². The summed E-state index contributed by atoms with van der Waals surface area (Å²) >= 11 is 0. The van der Waals surface area contributed by atoms with Crippen LogP contribution in [0.2, 0.25) is 0 Å². The van der Waals surface area contributed by atoms with Gasteiger partial charge in [0.2, 0.25) is 0 Å². The third-order valence-electron chi connectivity index (χ3n) is 5.36. The molecule has 1 saturated heterocycles. The minimum atomic E-state index is -4.39. The molecule has 1 fully saturated rings. The normalized spacial score (nSPS) is 16.4. The molecule has 1 aliphatic rings. The Kier molecular flexibility index (Phi) is 6.72. The smallest absolute Gasteiger partial charge is 0.335 e. The van der Waals surface area contributed by atoms with Crippen molar-refractivity contribution in [3.63, 3.8) is 0 Å². The molecule has 2 aromatic carbocycles. The van der Waals surface area contributed by atoms with Crippen molar-refractivity contribution in [2.45, 2.75) is 41.9 Å². The lowest BCUT2D eigenvalue weighted by Crippen LogP contribution is -2.43. The summed E-state index contributed by atoms with van der Waals surface area (Å²) < 4.78 is 81.0. The van der Waals surface area contributed by atoms with Gasteiger partial charge in [0, 0.05) is 19.2 Å². The van der Waals surface area contributed by atoms with Crippen molar-refractivity contribution >= 4 is 37.2 Å². The van der Waals surface area contributed by atoms with Gasteiger partial charge in [-0.3, -0.25) is 4.72 Å². The standard InChI is InChI=1S/C21H24F2N2O6S2/c1-3-14-5-6-15(20(26)27)11-19(14)33(30,31)24-17-12-16(32(2,28)29)7-8-18(17)25-10-4-9-21(22,23)13-25/h5-8,11-12,24H,3-4,9-10,13H2,1-2H3,(H,26,27). The van der Waals surface area contributed by atoms with Crippen molar-refractivity contribution in [3.8, 4) is 0 Å². The monoisotopic (exact) mass is 502 g/mol. The van der Waals surface area contributed by atoms with Gasteiger partial charge in [-0.25, -0.2) is 30.4 Å². The molecule has 0 bridgehead atoms. The van der Waals surface area contributed by atoms with Crippen LogP contribution in [0.4, 0.5) is 20.2 Å². The molecule has 33 heavy (non-hydrogen) atoms. The number of benzene rings is 2. The van der Waals surface area contributed by atoms with E-state index in [1.165, 1.54) is 29.2 Å². The van der Waals surface area contributed by atoms with E-state index < -0.39 is 38.3 Å². The number of anilines is 2. The van der Waals surface area contributed by atoms with E-state index in [2.05, 4.69) is 4.72 Å². The molecule has 0 spiro atoms. The summed E-state index contributed by atoms with van der Waals surface area (Å²) in [5, 5.41) is 9.26.